The molecule has 0 saturated heterocycles. The fraction of sp³-hybridized carbons (Fsp3) is 1.00. The van der Waals surface area contributed by atoms with Gasteiger partial charge in [0.1, 0.15) is 0 Å². The molecule has 2 aliphatic rings. The van der Waals surface area contributed by atoms with Gasteiger partial charge in [0.2, 0.25) is 0 Å². The van der Waals surface area contributed by atoms with E-state index < -0.39 is 0 Å². The third-order valence-electron chi connectivity index (χ3n) is 4.09. The second-order valence-electron chi connectivity index (χ2n) is 5.47. The third-order valence-corrected chi connectivity index (χ3v) is 5.27. The molecule has 0 aromatic rings. The zero-order valence-electron chi connectivity index (χ0n) is 9.58. The van der Waals surface area contributed by atoms with Crippen LogP contribution in [0, 0.1) is 5.41 Å². The number of likely N-dealkylation sites (N-methyl/N-ethyl adjacent to an activating group) is 1. The molecule has 0 aromatic heterocycles. The van der Waals surface area contributed by atoms with Crippen LogP contribution < -0.4 is 0 Å². The van der Waals surface area contributed by atoms with Crippen LogP contribution in [-0.4, -0.2) is 41.1 Å². The summed E-state index contributed by atoms with van der Waals surface area (Å²) in [4.78, 5) is 2.40. The molecule has 15 heavy (non-hydrogen) atoms. The second-order valence-corrected chi connectivity index (χ2v) is 6.03. The number of hydrogen-bond donors (Lipinski definition) is 1. The first-order valence-electron chi connectivity index (χ1n) is 6.11. The van der Waals surface area contributed by atoms with E-state index in [4.69, 9.17) is 0 Å². The lowest BCUT2D eigenvalue weighted by atomic mass is 9.91. The molecule has 2 atom stereocenters. The largest absolute Gasteiger partial charge is 0.391 e. The fourth-order valence-electron chi connectivity index (χ4n) is 2.76. The van der Waals surface area contributed by atoms with Crippen molar-refractivity contribution < 1.29 is 5.11 Å². The number of aliphatic hydroxyl groups excluding tert-OH is 1. The minimum absolute atomic E-state index is 0.0881. The maximum Gasteiger partial charge on any atom is 0.0695 e. The average Bonchev–Trinajstić information content (AvgIpc) is 2.99. The summed E-state index contributed by atoms with van der Waals surface area (Å²) in [6.45, 7) is 1.15. The van der Waals surface area contributed by atoms with Crippen LogP contribution in [0.15, 0.2) is 0 Å². The number of halogens is 1. The molecule has 1 N–H and O–H groups in total. The highest BCUT2D eigenvalue weighted by Gasteiger charge is 2.43. The minimum Gasteiger partial charge on any atom is -0.391 e. The van der Waals surface area contributed by atoms with Crippen LogP contribution >= 0.6 is 15.9 Å². The summed E-state index contributed by atoms with van der Waals surface area (Å²) >= 11 is 3.61. The van der Waals surface area contributed by atoms with Gasteiger partial charge in [-0.3, -0.25) is 0 Å². The Kier molecular flexibility index (Phi) is 3.74. The lowest BCUT2D eigenvalue weighted by Gasteiger charge is -2.37. The van der Waals surface area contributed by atoms with Gasteiger partial charge in [-0.05, 0) is 38.1 Å². The van der Waals surface area contributed by atoms with E-state index in [-0.39, 0.29) is 6.10 Å². The number of alkyl halides is 1. The summed E-state index contributed by atoms with van der Waals surface area (Å²) in [6, 6.07) is 0.412. The van der Waals surface area contributed by atoms with Gasteiger partial charge < -0.3 is 10.0 Å². The van der Waals surface area contributed by atoms with Crippen LogP contribution in [0.25, 0.3) is 0 Å². The SMILES string of the molecule is CN(CC1(CBr)CC1)C1CCCCC1O. The maximum absolute atomic E-state index is 9.98. The van der Waals surface area contributed by atoms with Crippen LogP contribution in [0.3, 0.4) is 0 Å². The van der Waals surface area contributed by atoms with Gasteiger partial charge in [-0.25, -0.2) is 0 Å². The Balaban J connectivity index is 1.86. The summed E-state index contributed by atoms with van der Waals surface area (Å²) < 4.78 is 0. The van der Waals surface area contributed by atoms with Crippen molar-refractivity contribution in [3.05, 3.63) is 0 Å². The van der Waals surface area contributed by atoms with Crippen molar-refractivity contribution in [2.24, 2.45) is 5.41 Å². The fourth-order valence-corrected chi connectivity index (χ4v) is 3.50. The summed E-state index contributed by atoms with van der Waals surface area (Å²) in [6.07, 6.45) is 7.28. The van der Waals surface area contributed by atoms with Gasteiger partial charge in [-0.1, -0.05) is 28.8 Å². The molecule has 0 spiro atoms. The number of aliphatic hydroxyl groups is 1. The number of rotatable bonds is 4. The lowest BCUT2D eigenvalue weighted by Crippen LogP contribution is -2.45. The second kappa shape index (κ2) is 4.72. The number of nitrogens with zero attached hydrogens (tertiary/aromatic N) is 1. The first-order valence-corrected chi connectivity index (χ1v) is 7.23. The van der Waals surface area contributed by atoms with E-state index in [1.807, 2.05) is 0 Å². The molecule has 0 radical (unpaired) electrons. The molecular weight excluding hydrogens is 254 g/mol. The quantitative estimate of drug-likeness (QED) is 0.797. The Morgan fingerprint density at radius 2 is 2.00 bits per heavy atom. The van der Waals surface area contributed by atoms with Gasteiger partial charge in [0.05, 0.1) is 6.10 Å². The topological polar surface area (TPSA) is 23.5 Å². The Labute approximate surface area is 101 Å². The summed E-state index contributed by atoms with van der Waals surface area (Å²) in [5, 5.41) is 11.1. The molecule has 3 heteroatoms. The van der Waals surface area contributed by atoms with Gasteiger partial charge in [0.25, 0.3) is 0 Å². The zero-order valence-corrected chi connectivity index (χ0v) is 11.2. The van der Waals surface area contributed by atoms with E-state index >= 15 is 0 Å². The normalized spacial score (nSPS) is 34.4. The van der Waals surface area contributed by atoms with Crippen molar-refractivity contribution in [1.82, 2.24) is 4.90 Å². The highest BCUT2D eigenvalue weighted by molar-refractivity contribution is 9.09. The summed E-state index contributed by atoms with van der Waals surface area (Å²) in [5.74, 6) is 0. The number of hydrogen-bond acceptors (Lipinski definition) is 2. The molecule has 2 fully saturated rings. The first-order chi connectivity index (χ1) is 7.17. The smallest absolute Gasteiger partial charge is 0.0695 e. The Morgan fingerprint density at radius 3 is 2.53 bits per heavy atom. The minimum atomic E-state index is -0.0881. The predicted octanol–water partition coefficient (Wildman–Crippen LogP) is 2.40. The van der Waals surface area contributed by atoms with Crippen molar-refractivity contribution >= 4 is 15.9 Å². The molecule has 0 bridgehead atoms. The maximum atomic E-state index is 9.98. The van der Waals surface area contributed by atoms with Crippen molar-refractivity contribution in [2.45, 2.75) is 50.7 Å². The van der Waals surface area contributed by atoms with E-state index in [0.717, 1.165) is 18.3 Å². The van der Waals surface area contributed by atoms with Gasteiger partial charge >= 0.3 is 0 Å². The lowest BCUT2D eigenvalue weighted by molar-refractivity contribution is 0.0253. The van der Waals surface area contributed by atoms with Gasteiger partial charge in [0.15, 0.2) is 0 Å². The first kappa shape index (κ1) is 11.9. The van der Waals surface area contributed by atoms with Crippen molar-refractivity contribution in [1.29, 1.82) is 0 Å². The highest BCUT2D eigenvalue weighted by Crippen LogP contribution is 2.48. The molecule has 0 amide bonds. The zero-order chi connectivity index (χ0) is 10.9. The van der Waals surface area contributed by atoms with Crippen LogP contribution in [0.5, 0.6) is 0 Å². The highest BCUT2D eigenvalue weighted by atomic mass is 79.9. The molecule has 2 rings (SSSR count). The molecule has 2 nitrogen and oxygen atoms in total. The molecule has 0 aromatic carbocycles. The van der Waals surface area contributed by atoms with Crippen molar-refractivity contribution in [2.75, 3.05) is 18.9 Å². The van der Waals surface area contributed by atoms with Gasteiger partial charge in [0, 0.05) is 17.9 Å². The Morgan fingerprint density at radius 1 is 1.33 bits per heavy atom. The molecule has 0 heterocycles. The van der Waals surface area contributed by atoms with Crippen LogP contribution in [0.4, 0.5) is 0 Å². The summed E-state index contributed by atoms with van der Waals surface area (Å²) in [7, 11) is 2.18. The molecule has 0 aliphatic heterocycles. The predicted molar refractivity (Wildman–Crippen MR) is 66.4 cm³/mol. The molecule has 88 valence electrons. The van der Waals surface area contributed by atoms with Crippen LogP contribution in [0.1, 0.15) is 38.5 Å². The summed E-state index contributed by atoms with van der Waals surface area (Å²) in [5.41, 5.74) is 0.534. The van der Waals surface area contributed by atoms with E-state index in [0.29, 0.717) is 11.5 Å². The van der Waals surface area contributed by atoms with E-state index in [2.05, 4.69) is 27.9 Å². The molecule has 2 aliphatic carbocycles. The van der Waals surface area contributed by atoms with Crippen molar-refractivity contribution in [3.8, 4) is 0 Å². The van der Waals surface area contributed by atoms with Crippen LogP contribution in [0.2, 0.25) is 0 Å². The Bertz CT molecular complexity index is 218. The standard InChI is InChI=1S/C12H22BrNO/c1-14(9-12(8-13)6-7-12)10-4-2-3-5-11(10)15/h10-11,15H,2-9H2,1H3. The van der Waals surface area contributed by atoms with Gasteiger partial charge in [-0.2, -0.15) is 0 Å². The molecule has 2 unspecified atom stereocenters. The van der Waals surface area contributed by atoms with E-state index in [1.54, 1.807) is 0 Å². The van der Waals surface area contributed by atoms with E-state index in [9.17, 15) is 5.11 Å². The van der Waals surface area contributed by atoms with E-state index in [1.165, 1.54) is 32.1 Å². The van der Waals surface area contributed by atoms with Gasteiger partial charge in [-0.15, -0.1) is 0 Å². The Hall–Kier alpha value is 0.400. The molecular formula is C12H22BrNO. The monoisotopic (exact) mass is 275 g/mol. The van der Waals surface area contributed by atoms with Crippen LogP contribution in [-0.2, 0) is 0 Å². The third kappa shape index (κ3) is 2.75. The van der Waals surface area contributed by atoms with Crippen molar-refractivity contribution in [3.63, 3.8) is 0 Å². The average molecular weight is 276 g/mol. The molecule has 2 saturated carbocycles.